The van der Waals surface area contributed by atoms with E-state index in [1.807, 2.05) is 11.3 Å². The zero-order chi connectivity index (χ0) is 14.2. The van der Waals surface area contributed by atoms with Crippen molar-refractivity contribution >= 4 is 11.3 Å². The SMILES string of the molecule is Cc1nc(CN2CC(C)NCC23CCCCC3)sc1C. The number of rotatable bonds is 2. The van der Waals surface area contributed by atoms with Gasteiger partial charge in [-0.25, -0.2) is 4.98 Å². The van der Waals surface area contributed by atoms with Crippen LogP contribution in [0.4, 0.5) is 0 Å². The standard InChI is InChI=1S/C16H27N3S/c1-12-9-19(10-15-18-13(2)14(3)20-15)16(11-17-12)7-5-4-6-8-16/h12,17H,4-11H2,1-3H3. The van der Waals surface area contributed by atoms with E-state index >= 15 is 0 Å². The number of piperazine rings is 1. The molecule has 0 radical (unpaired) electrons. The van der Waals surface area contributed by atoms with Crippen molar-refractivity contribution in [3.8, 4) is 0 Å². The molecule has 0 aromatic carbocycles. The van der Waals surface area contributed by atoms with Gasteiger partial charge in [0.05, 0.1) is 12.2 Å². The molecule has 1 aliphatic heterocycles. The summed E-state index contributed by atoms with van der Waals surface area (Å²) in [6.45, 7) is 10.0. The maximum absolute atomic E-state index is 4.76. The lowest BCUT2D eigenvalue weighted by atomic mass is 9.78. The van der Waals surface area contributed by atoms with Crippen LogP contribution in [0, 0.1) is 13.8 Å². The van der Waals surface area contributed by atoms with Gasteiger partial charge >= 0.3 is 0 Å². The Morgan fingerprint density at radius 3 is 2.70 bits per heavy atom. The first-order chi connectivity index (χ1) is 9.59. The molecule has 2 fully saturated rings. The molecule has 4 heteroatoms. The smallest absolute Gasteiger partial charge is 0.107 e. The van der Waals surface area contributed by atoms with Gasteiger partial charge in [0.1, 0.15) is 5.01 Å². The van der Waals surface area contributed by atoms with Crippen LogP contribution in [0.2, 0.25) is 0 Å². The summed E-state index contributed by atoms with van der Waals surface area (Å²) < 4.78 is 0. The molecule has 20 heavy (non-hydrogen) atoms. The highest BCUT2D eigenvalue weighted by Gasteiger charge is 2.41. The second-order valence-corrected chi connectivity index (χ2v) is 7.98. The van der Waals surface area contributed by atoms with Crippen LogP contribution >= 0.6 is 11.3 Å². The fourth-order valence-electron chi connectivity index (χ4n) is 3.77. The molecule has 112 valence electrons. The van der Waals surface area contributed by atoms with E-state index in [-0.39, 0.29) is 0 Å². The molecule has 1 aromatic rings. The van der Waals surface area contributed by atoms with E-state index in [4.69, 9.17) is 4.98 Å². The van der Waals surface area contributed by atoms with Crippen LogP contribution in [0.1, 0.15) is 54.6 Å². The molecule has 2 heterocycles. The number of nitrogens with one attached hydrogen (secondary N) is 1. The summed E-state index contributed by atoms with van der Waals surface area (Å²) >= 11 is 1.88. The van der Waals surface area contributed by atoms with Gasteiger partial charge in [-0.1, -0.05) is 19.3 Å². The lowest BCUT2D eigenvalue weighted by Gasteiger charge is -2.51. The Balaban J connectivity index is 1.79. The summed E-state index contributed by atoms with van der Waals surface area (Å²) in [5, 5.41) is 5.02. The van der Waals surface area contributed by atoms with Crippen molar-refractivity contribution < 1.29 is 0 Å². The third-order valence-electron chi connectivity index (χ3n) is 5.13. The first-order valence-corrected chi connectivity index (χ1v) is 8.82. The molecule has 1 aromatic heterocycles. The highest BCUT2D eigenvalue weighted by atomic mass is 32.1. The molecule has 1 unspecified atom stereocenters. The molecule has 0 bridgehead atoms. The number of aryl methyl sites for hydroxylation is 2. The zero-order valence-electron chi connectivity index (χ0n) is 13.0. The maximum atomic E-state index is 4.76. The van der Waals surface area contributed by atoms with Gasteiger partial charge < -0.3 is 5.32 Å². The normalized spacial score (nSPS) is 27.1. The van der Waals surface area contributed by atoms with Crippen LogP contribution in [0.15, 0.2) is 0 Å². The van der Waals surface area contributed by atoms with E-state index in [0.29, 0.717) is 11.6 Å². The molecular formula is C16H27N3S. The molecule has 1 saturated heterocycles. The minimum absolute atomic E-state index is 0.401. The van der Waals surface area contributed by atoms with Gasteiger partial charge in [0.25, 0.3) is 0 Å². The molecule has 1 spiro atoms. The van der Waals surface area contributed by atoms with Crippen LogP contribution in [-0.4, -0.2) is 34.6 Å². The Morgan fingerprint density at radius 1 is 1.30 bits per heavy atom. The molecule has 1 saturated carbocycles. The van der Waals surface area contributed by atoms with Gasteiger partial charge in [-0.2, -0.15) is 0 Å². The maximum Gasteiger partial charge on any atom is 0.107 e. The molecule has 3 rings (SSSR count). The molecular weight excluding hydrogens is 266 g/mol. The lowest BCUT2D eigenvalue weighted by Crippen LogP contribution is -2.64. The van der Waals surface area contributed by atoms with Crippen molar-refractivity contribution in [2.45, 2.75) is 71.0 Å². The largest absolute Gasteiger partial charge is 0.311 e. The van der Waals surface area contributed by atoms with Crippen LogP contribution in [0.5, 0.6) is 0 Å². The summed E-state index contributed by atoms with van der Waals surface area (Å²) in [5.41, 5.74) is 1.61. The van der Waals surface area contributed by atoms with E-state index < -0.39 is 0 Å². The molecule has 2 aliphatic rings. The van der Waals surface area contributed by atoms with E-state index in [2.05, 4.69) is 31.0 Å². The minimum atomic E-state index is 0.401. The highest BCUT2D eigenvalue weighted by Crippen LogP contribution is 2.36. The number of nitrogens with zero attached hydrogens (tertiary/aromatic N) is 2. The van der Waals surface area contributed by atoms with Gasteiger partial charge in [-0.05, 0) is 33.6 Å². The Morgan fingerprint density at radius 2 is 2.05 bits per heavy atom. The molecule has 1 N–H and O–H groups in total. The van der Waals surface area contributed by atoms with Crippen LogP contribution in [0.25, 0.3) is 0 Å². The average Bonchev–Trinajstić information content (AvgIpc) is 2.74. The zero-order valence-corrected chi connectivity index (χ0v) is 13.9. The van der Waals surface area contributed by atoms with Crippen molar-refractivity contribution in [1.82, 2.24) is 15.2 Å². The molecule has 1 atom stereocenters. The quantitative estimate of drug-likeness (QED) is 0.907. The first kappa shape index (κ1) is 14.5. The highest BCUT2D eigenvalue weighted by molar-refractivity contribution is 7.11. The van der Waals surface area contributed by atoms with Gasteiger partial charge in [0.15, 0.2) is 0 Å². The van der Waals surface area contributed by atoms with Gasteiger partial charge in [-0.3, -0.25) is 4.90 Å². The van der Waals surface area contributed by atoms with Gasteiger partial charge in [-0.15, -0.1) is 11.3 Å². The van der Waals surface area contributed by atoms with E-state index in [1.165, 1.54) is 47.7 Å². The minimum Gasteiger partial charge on any atom is -0.311 e. The molecule has 1 aliphatic carbocycles. The van der Waals surface area contributed by atoms with Crippen molar-refractivity contribution in [2.24, 2.45) is 0 Å². The summed E-state index contributed by atoms with van der Waals surface area (Å²) in [5.74, 6) is 0. The fourth-order valence-corrected chi connectivity index (χ4v) is 4.72. The third-order valence-corrected chi connectivity index (χ3v) is 6.19. The Bertz CT molecular complexity index is 443. The summed E-state index contributed by atoms with van der Waals surface area (Å²) in [7, 11) is 0. The van der Waals surface area contributed by atoms with E-state index in [9.17, 15) is 0 Å². The van der Waals surface area contributed by atoms with E-state index in [0.717, 1.165) is 19.6 Å². The monoisotopic (exact) mass is 293 g/mol. The average molecular weight is 293 g/mol. The summed E-state index contributed by atoms with van der Waals surface area (Å²) in [6.07, 6.45) is 6.91. The van der Waals surface area contributed by atoms with Crippen molar-refractivity contribution in [2.75, 3.05) is 13.1 Å². The second kappa shape index (κ2) is 5.74. The number of thiazole rings is 1. The molecule has 0 amide bonds. The predicted molar refractivity (Wildman–Crippen MR) is 85.3 cm³/mol. The Kier molecular flexibility index (Phi) is 4.16. The van der Waals surface area contributed by atoms with Crippen LogP contribution < -0.4 is 5.32 Å². The topological polar surface area (TPSA) is 28.2 Å². The number of aromatic nitrogens is 1. The van der Waals surface area contributed by atoms with Gasteiger partial charge in [0, 0.05) is 29.5 Å². The predicted octanol–water partition coefficient (Wildman–Crippen LogP) is 3.26. The number of hydrogen-bond donors (Lipinski definition) is 1. The van der Waals surface area contributed by atoms with Crippen molar-refractivity contribution in [1.29, 1.82) is 0 Å². The van der Waals surface area contributed by atoms with Crippen molar-refractivity contribution in [3.63, 3.8) is 0 Å². The first-order valence-electron chi connectivity index (χ1n) is 8.00. The van der Waals surface area contributed by atoms with E-state index in [1.54, 1.807) is 0 Å². The summed E-state index contributed by atoms with van der Waals surface area (Å²) in [4.78, 5) is 8.88. The molecule has 3 nitrogen and oxygen atoms in total. The van der Waals surface area contributed by atoms with Crippen LogP contribution in [-0.2, 0) is 6.54 Å². The third kappa shape index (κ3) is 2.78. The Labute approximate surface area is 126 Å². The van der Waals surface area contributed by atoms with Crippen LogP contribution in [0.3, 0.4) is 0 Å². The lowest BCUT2D eigenvalue weighted by molar-refractivity contribution is 0.00612. The Hall–Kier alpha value is -0.450. The summed E-state index contributed by atoms with van der Waals surface area (Å²) in [6, 6.07) is 0.602. The van der Waals surface area contributed by atoms with Crippen molar-refractivity contribution in [3.05, 3.63) is 15.6 Å². The second-order valence-electron chi connectivity index (χ2n) is 6.70. The fraction of sp³-hybridized carbons (Fsp3) is 0.812. The van der Waals surface area contributed by atoms with Gasteiger partial charge in [0.2, 0.25) is 0 Å². The number of hydrogen-bond acceptors (Lipinski definition) is 4.